The topological polar surface area (TPSA) is 49.3 Å². The van der Waals surface area contributed by atoms with E-state index in [1.807, 2.05) is 25.1 Å². The van der Waals surface area contributed by atoms with Crippen LogP contribution in [0.5, 0.6) is 0 Å². The van der Waals surface area contributed by atoms with E-state index < -0.39 is 0 Å². The summed E-state index contributed by atoms with van der Waals surface area (Å²) in [5.41, 5.74) is 2.61. The third-order valence-electron chi connectivity index (χ3n) is 2.23. The summed E-state index contributed by atoms with van der Waals surface area (Å²) in [6.07, 6.45) is 0.881. The summed E-state index contributed by atoms with van der Waals surface area (Å²) in [5.74, 6) is 5.79. The molecule has 2 N–H and O–H groups in total. The first-order valence-corrected chi connectivity index (χ1v) is 5.67. The van der Waals surface area contributed by atoms with Crippen molar-refractivity contribution in [1.82, 2.24) is 0 Å². The van der Waals surface area contributed by atoms with Crippen LogP contribution in [0, 0.1) is 18.8 Å². The van der Waals surface area contributed by atoms with Crippen molar-refractivity contribution in [1.29, 1.82) is 0 Å². The molecule has 0 fully saturated rings. The van der Waals surface area contributed by atoms with E-state index in [0.717, 1.165) is 16.8 Å². The van der Waals surface area contributed by atoms with Gasteiger partial charge in [0.1, 0.15) is 0 Å². The van der Waals surface area contributed by atoms with Gasteiger partial charge in [0.25, 0.3) is 0 Å². The molecule has 0 aliphatic heterocycles. The maximum Gasteiger partial charge on any atom is 0.224 e. The third-order valence-corrected chi connectivity index (χ3v) is 2.23. The molecule has 0 saturated carbocycles. The molecule has 0 aliphatic carbocycles. The highest BCUT2D eigenvalue weighted by molar-refractivity contribution is 5.92. The summed E-state index contributed by atoms with van der Waals surface area (Å²) < 4.78 is 0. The van der Waals surface area contributed by atoms with Gasteiger partial charge in [-0.3, -0.25) is 4.79 Å². The lowest BCUT2D eigenvalue weighted by Gasteiger charge is -2.07. The Morgan fingerprint density at radius 1 is 1.47 bits per heavy atom. The Hall–Kier alpha value is -1.79. The van der Waals surface area contributed by atoms with E-state index in [0.29, 0.717) is 12.8 Å². The quantitative estimate of drug-likeness (QED) is 0.782. The lowest BCUT2D eigenvalue weighted by atomic mass is 10.1. The number of benzene rings is 1. The molecule has 0 atom stereocenters. The molecule has 1 aromatic rings. The number of nitrogens with one attached hydrogen (secondary N) is 1. The van der Waals surface area contributed by atoms with Crippen LogP contribution in [0.1, 0.15) is 30.9 Å². The summed E-state index contributed by atoms with van der Waals surface area (Å²) in [5, 5.41) is 11.5. The normalized spacial score (nSPS) is 9.35. The fourth-order valence-electron chi connectivity index (χ4n) is 1.32. The molecule has 1 aromatic carbocycles. The van der Waals surface area contributed by atoms with Crippen LogP contribution in [0.15, 0.2) is 18.2 Å². The zero-order chi connectivity index (χ0) is 12.7. The van der Waals surface area contributed by atoms with Crippen LogP contribution in [0.4, 0.5) is 5.69 Å². The fraction of sp³-hybridized carbons (Fsp3) is 0.357. The predicted molar refractivity (Wildman–Crippen MR) is 68.7 cm³/mol. The lowest BCUT2D eigenvalue weighted by Crippen LogP contribution is -2.10. The third kappa shape index (κ3) is 4.29. The molecule has 1 amide bonds. The summed E-state index contributed by atoms with van der Waals surface area (Å²) >= 11 is 0. The van der Waals surface area contributed by atoms with Crippen LogP contribution in [0.3, 0.4) is 0 Å². The second-order valence-corrected chi connectivity index (χ2v) is 3.73. The average Bonchev–Trinajstić information content (AvgIpc) is 2.32. The van der Waals surface area contributed by atoms with E-state index >= 15 is 0 Å². The minimum atomic E-state index is -0.0286. The van der Waals surface area contributed by atoms with Crippen molar-refractivity contribution in [2.45, 2.75) is 26.7 Å². The molecule has 3 heteroatoms. The number of carbonyl (C=O) groups is 1. The molecule has 0 aliphatic rings. The van der Waals surface area contributed by atoms with Crippen LogP contribution < -0.4 is 5.32 Å². The number of carbonyl (C=O) groups excluding carboxylic acids is 1. The molecular weight excluding hydrogens is 214 g/mol. The Bertz CT molecular complexity index is 455. The second kappa shape index (κ2) is 6.72. The Morgan fingerprint density at radius 2 is 2.24 bits per heavy atom. The molecule has 0 aromatic heterocycles. The van der Waals surface area contributed by atoms with Crippen LogP contribution in [0.2, 0.25) is 0 Å². The van der Waals surface area contributed by atoms with Crippen molar-refractivity contribution in [2.24, 2.45) is 0 Å². The number of anilines is 1. The average molecular weight is 231 g/mol. The van der Waals surface area contributed by atoms with E-state index in [1.54, 1.807) is 6.92 Å². The largest absolute Gasteiger partial charge is 0.395 e. The summed E-state index contributed by atoms with van der Waals surface area (Å²) in [4.78, 5) is 11.3. The zero-order valence-electron chi connectivity index (χ0n) is 10.2. The highest BCUT2D eigenvalue weighted by Crippen LogP contribution is 2.16. The molecule has 3 nitrogen and oxygen atoms in total. The predicted octanol–water partition coefficient (Wildman–Crippen LogP) is 2.08. The zero-order valence-corrected chi connectivity index (χ0v) is 10.2. The molecule has 0 unspecified atom stereocenters. The van der Waals surface area contributed by atoms with Crippen molar-refractivity contribution in [3.05, 3.63) is 29.3 Å². The van der Waals surface area contributed by atoms with E-state index in [9.17, 15) is 4.79 Å². The highest BCUT2D eigenvalue weighted by atomic mass is 16.2. The van der Waals surface area contributed by atoms with Crippen molar-refractivity contribution in [3.8, 4) is 11.8 Å². The van der Waals surface area contributed by atoms with Crippen LogP contribution in [-0.2, 0) is 4.79 Å². The highest BCUT2D eigenvalue weighted by Gasteiger charge is 2.03. The molecule has 17 heavy (non-hydrogen) atoms. The smallest absolute Gasteiger partial charge is 0.224 e. The summed E-state index contributed by atoms with van der Waals surface area (Å²) in [6.45, 7) is 3.83. The van der Waals surface area contributed by atoms with Gasteiger partial charge in [0.05, 0.1) is 12.3 Å². The second-order valence-electron chi connectivity index (χ2n) is 3.73. The van der Waals surface area contributed by atoms with Gasteiger partial charge in [-0.25, -0.2) is 0 Å². The van der Waals surface area contributed by atoms with Gasteiger partial charge >= 0.3 is 0 Å². The number of aliphatic hydroxyl groups excluding tert-OH is 1. The first-order chi connectivity index (χ1) is 8.17. The molecule has 0 bridgehead atoms. The van der Waals surface area contributed by atoms with E-state index in [2.05, 4.69) is 17.2 Å². The van der Waals surface area contributed by atoms with Gasteiger partial charge in [-0.1, -0.05) is 24.8 Å². The number of hydrogen-bond donors (Lipinski definition) is 2. The standard InChI is InChI=1S/C14H17NO2/c1-3-14(17)15-13-8-7-11(2)10-12(13)6-4-5-9-16/h7-8,10,16H,3,5,9H2,1-2H3,(H,15,17). The van der Waals surface area contributed by atoms with Crippen molar-refractivity contribution in [2.75, 3.05) is 11.9 Å². The van der Waals surface area contributed by atoms with E-state index in [-0.39, 0.29) is 12.5 Å². The number of aliphatic hydroxyl groups is 1. The number of amides is 1. The maximum atomic E-state index is 11.3. The molecular formula is C14H17NO2. The van der Waals surface area contributed by atoms with E-state index in [1.165, 1.54) is 0 Å². The molecule has 0 saturated heterocycles. The molecule has 1 rings (SSSR count). The maximum absolute atomic E-state index is 11.3. The van der Waals surface area contributed by atoms with Gasteiger partial charge in [-0.05, 0) is 24.6 Å². The Labute approximate surface area is 102 Å². The minimum Gasteiger partial charge on any atom is -0.395 e. The van der Waals surface area contributed by atoms with Gasteiger partial charge in [0.2, 0.25) is 5.91 Å². The number of rotatable bonds is 3. The fourth-order valence-corrected chi connectivity index (χ4v) is 1.32. The number of aryl methyl sites for hydroxylation is 1. The Kier molecular flexibility index (Phi) is 5.25. The Balaban J connectivity index is 2.96. The lowest BCUT2D eigenvalue weighted by molar-refractivity contribution is -0.115. The van der Waals surface area contributed by atoms with Crippen LogP contribution in [0.25, 0.3) is 0 Å². The SMILES string of the molecule is CCC(=O)Nc1ccc(C)cc1C#CCCO. The van der Waals surface area contributed by atoms with Gasteiger partial charge in [-0.2, -0.15) is 0 Å². The first-order valence-electron chi connectivity index (χ1n) is 5.67. The summed E-state index contributed by atoms with van der Waals surface area (Å²) in [7, 11) is 0. The van der Waals surface area contributed by atoms with Crippen LogP contribution in [-0.4, -0.2) is 17.6 Å². The van der Waals surface area contributed by atoms with Gasteiger partial charge < -0.3 is 10.4 Å². The molecule has 90 valence electrons. The van der Waals surface area contributed by atoms with Crippen molar-refractivity contribution >= 4 is 11.6 Å². The molecule has 0 radical (unpaired) electrons. The van der Waals surface area contributed by atoms with E-state index in [4.69, 9.17) is 5.11 Å². The molecule has 0 spiro atoms. The van der Waals surface area contributed by atoms with Gasteiger partial charge in [0, 0.05) is 18.4 Å². The van der Waals surface area contributed by atoms with Crippen molar-refractivity contribution in [3.63, 3.8) is 0 Å². The van der Waals surface area contributed by atoms with Crippen LogP contribution >= 0.6 is 0 Å². The van der Waals surface area contributed by atoms with Crippen molar-refractivity contribution < 1.29 is 9.90 Å². The Morgan fingerprint density at radius 3 is 2.88 bits per heavy atom. The van der Waals surface area contributed by atoms with Gasteiger partial charge in [-0.15, -0.1) is 0 Å². The first kappa shape index (κ1) is 13.3. The number of hydrogen-bond acceptors (Lipinski definition) is 2. The monoisotopic (exact) mass is 231 g/mol. The minimum absolute atomic E-state index is 0.0286. The summed E-state index contributed by atoms with van der Waals surface area (Å²) in [6, 6.07) is 5.71. The van der Waals surface area contributed by atoms with Gasteiger partial charge in [0.15, 0.2) is 0 Å². The molecule has 0 heterocycles.